The highest BCUT2D eigenvalue weighted by Crippen LogP contribution is 2.27. The summed E-state index contributed by atoms with van der Waals surface area (Å²) in [6, 6.07) is 4.81. The molecule has 0 aliphatic carbocycles. The molecule has 0 atom stereocenters. The van der Waals surface area contributed by atoms with Crippen LogP contribution in [0.4, 0.5) is 0 Å². The predicted octanol–water partition coefficient (Wildman–Crippen LogP) is 1.72. The lowest BCUT2D eigenvalue weighted by atomic mass is 10.3. The van der Waals surface area contributed by atoms with Gasteiger partial charge in [-0.3, -0.25) is 9.59 Å². The van der Waals surface area contributed by atoms with Crippen LogP contribution >= 0.6 is 23.2 Å². The normalized spacial score (nSPS) is 15.5. The number of halogens is 2. The maximum Gasteiger partial charge on any atom is 0.260 e. The van der Waals surface area contributed by atoms with E-state index in [-0.39, 0.29) is 18.4 Å². The van der Waals surface area contributed by atoms with Gasteiger partial charge in [0.25, 0.3) is 5.91 Å². The van der Waals surface area contributed by atoms with Gasteiger partial charge in [-0.2, -0.15) is 0 Å². The number of ether oxygens (including phenoxy) is 1. The zero-order valence-corrected chi connectivity index (χ0v) is 12.2. The Hall–Kier alpha value is -1.46. The first-order valence-electron chi connectivity index (χ1n) is 6.18. The van der Waals surface area contributed by atoms with Crippen LogP contribution in [0.15, 0.2) is 18.2 Å². The summed E-state index contributed by atoms with van der Waals surface area (Å²) in [5.74, 6) is 0.197. The molecule has 5 nitrogen and oxygen atoms in total. The third-order valence-corrected chi connectivity index (χ3v) is 3.44. The molecule has 1 N–H and O–H groups in total. The Morgan fingerprint density at radius 1 is 1.35 bits per heavy atom. The molecule has 1 aliphatic heterocycles. The van der Waals surface area contributed by atoms with E-state index in [0.29, 0.717) is 41.8 Å². The number of hydrogen-bond acceptors (Lipinski definition) is 3. The van der Waals surface area contributed by atoms with Crippen molar-refractivity contribution >= 4 is 35.0 Å². The molecule has 2 rings (SSSR count). The number of rotatable bonds is 3. The standard InChI is InChI=1S/C13H14Cl2N2O3/c14-9-1-2-11(10(15)7-9)20-8-13(19)17-5-3-12(18)16-4-6-17/h1-2,7H,3-6,8H2,(H,16,18). The minimum Gasteiger partial charge on any atom is -0.482 e. The van der Waals surface area contributed by atoms with Crippen LogP contribution in [0.25, 0.3) is 0 Å². The highest BCUT2D eigenvalue weighted by Gasteiger charge is 2.19. The van der Waals surface area contributed by atoms with E-state index in [1.807, 2.05) is 0 Å². The summed E-state index contributed by atoms with van der Waals surface area (Å²) in [6.07, 6.45) is 0.313. The molecule has 0 saturated carbocycles. The van der Waals surface area contributed by atoms with E-state index in [9.17, 15) is 9.59 Å². The fourth-order valence-electron chi connectivity index (χ4n) is 1.84. The smallest absolute Gasteiger partial charge is 0.260 e. The third-order valence-electron chi connectivity index (χ3n) is 2.91. The zero-order valence-electron chi connectivity index (χ0n) is 10.7. The molecule has 2 amide bonds. The largest absolute Gasteiger partial charge is 0.482 e. The fraction of sp³-hybridized carbons (Fsp3) is 0.385. The van der Waals surface area contributed by atoms with Crippen LogP contribution in [-0.4, -0.2) is 43.0 Å². The van der Waals surface area contributed by atoms with Gasteiger partial charge in [0.2, 0.25) is 5.91 Å². The SMILES string of the molecule is O=C1CCN(C(=O)COc2ccc(Cl)cc2Cl)CCN1. The molecule has 0 aromatic heterocycles. The molecule has 1 heterocycles. The minimum atomic E-state index is -0.174. The molecule has 108 valence electrons. The summed E-state index contributed by atoms with van der Waals surface area (Å²) in [6.45, 7) is 1.24. The molecule has 0 unspecified atom stereocenters. The Morgan fingerprint density at radius 2 is 2.15 bits per heavy atom. The van der Waals surface area contributed by atoms with Crippen molar-refractivity contribution in [3.8, 4) is 5.75 Å². The Balaban J connectivity index is 1.89. The third kappa shape index (κ3) is 4.02. The van der Waals surface area contributed by atoms with Crippen molar-refractivity contribution in [1.29, 1.82) is 0 Å². The summed E-state index contributed by atoms with van der Waals surface area (Å²) >= 11 is 11.7. The number of carbonyl (C=O) groups is 2. The number of benzene rings is 1. The van der Waals surface area contributed by atoms with Crippen LogP contribution in [0.5, 0.6) is 5.75 Å². The minimum absolute atomic E-state index is 0.0398. The summed E-state index contributed by atoms with van der Waals surface area (Å²) in [5, 5.41) is 3.57. The van der Waals surface area contributed by atoms with Crippen LogP contribution in [0.3, 0.4) is 0 Å². The van der Waals surface area contributed by atoms with Crippen molar-refractivity contribution in [3.05, 3.63) is 28.2 Å². The number of hydrogen-bond donors (Lipinski definition) is 1. The van der Waals surface area contributed by atoms with Gasteiger partial charge in [-0.1, -0.05) is 23.2 Å². The van der Waals surface area contributed by atoms with Crippen LogP contribution in [0.2, 0.25) is 10.0 Å². The Morgan fingerprint density at radius 3 is 2.90 bits per heavy atom. The van der Waals surface area contributed by atoms with Crippen molar-refractivity contribution in [2.45, 2.75) is 6.42 Å². The van der Waals surface area contributed by atoms with Gasteiger partial charge in [0, 0.05) is 31.1 Å². The first-order chi connectivity index (χ1) is 9.56. The molecule has 20 heavy (non-hydrogen) atoms. The van der Waals surface area contributed by atoms with E-state index >= 15 is 0 Å². The molecule has 1 saturated heterocycles. The molecular formula is C13H14Cl2N2O3. The maximum atomic E-state index is 12.0. The Kier molecular flexibility index (Phi) is 5.09. The highest BCUT2D eigenvalue weighted by molar-refractivity contribution is 6.35. The van der Waals surface area contributed by atoms with E-state index in [4.69, 9.17) is 27.9 Å². The molecule has 7 heteroatoms. The molecule has 1 aromatic carbocycles. The van der Waals surface area contributed by atoms with Gasteiger partial charge in [0.05, 0.1) is 5.02 Å². The molecule has 1 aromatic rings. The summed E-state index contributed by atoms with van der Waals surface area (Å²) in [7, 11) is 0. The lowest BCUT2D eigenvalue weighted by Crippen LogP contribution is -2.37. The van der Waals surface area contributed by atoms with E-state index in [0.717, 1.165) is 0 Å². The molecule has 1 aliphatic rings. The van der Waals surface area contributed by atoms with E-state index in [2.05, 4.69) is 5.32 Å². The summed E-state index contributed by atoms with van der Waals surface area (Å²) < 4.78 is 5.39. The van der Waals surface area contributed by atoms with Crippen LogP contribution in [0, 0.1) is 0 Å². The number of nitrogens with one attached hydrogen (secondary N) is 1. The number of nitrogens with zero attached hydrogens (tertiary/aromatic N) is 1. The number of carbonyl (C=O) groups excluding carboxylic acids is 2. The lowest BCUT2D eigenvalue weighted by molar-refractivity contribution is -0.133. The Bertz CT molecular complexity index is 522. The maximum absolute atomic E-state index is 12.0. The molecular weight excluding hydrogens is 303 g/mol. The first kappa shape index (κ1) is 14.9. The van der Waals surface area contributed by atoms with Gasteiger partial charge in [-0.15, -0.1) is 0 Å². The van der Waals surface area contributed by atoms with Crippen molar-refractivity contribution in [3.63, 3.8) is 0 Å². The molecule has 1 fully saturated rings. The van der Waals surface area contributed by atoms with Gasteiger partial charge in [0.15, 0.2) is 6.61 Å². The quantitative estimate of drug-likeness (QED) is 0.923. The van der Waals surface area contributed by atoms with Gasteiger partial charge >= 0.3 is 0 Å². The van der Waals surface area contributed by atoms with E-state index in [1.54, 1.807) is 23.1 Å². The second-order valence-electron chi connectivity index (χ2n) is 4.34. The zero-order chi connectivity index (χ0) is 14.5. The van der Waals surface area contributed by atoms with E-state index in [1.165, 1.54) is 0 Å². The molecule has 0 radical (unpaired) electrons. The second-order valence-corrected chi connectivity index (χ2v) is 5.19. The summed E-state index contributed by atoms with van der Waals surface area (Å²) in [5.41, 5.74) is 0. The molecule has 0 bridgehead atoms. The first-order valence-corrected chi connectivity index (χ1v) is 6.94. The van der Waals surface area contributed by atoms with Gasteiger partial charge in [-0.25, -0.2) is 0 Å². The lowest BCUT2D eigenvalue weighted by Gasteiger charge is -2.19. The monoisotopic (exact) mass is 316 g/mol. The van der Waals surface area contributed by atoms with Gasteiger partial charge in [-0.05, 0) is 18.2 Å². The molecule has 0 spiro atoms. The summed E-state index contributed by atoms with van der Waals surface area (Å²) in [4.78, 5) is 24.8. The van der Waals surface area contributed by atoms with Crippen molar-refractivity contribution < 1.29 is 14.3 Å². The van der Waals surface area contributed by atoms with Crippen molar-refractivity contribution in [2.24, 2.45) is 0 Å². The number of amides is 2. The topological polar surface area (TPSA) is 58.6 Å². The average Bonchev–Trinajstić information content (AvgIpc) is 2.62. The Labute approximate surface area is 126 Å². The second kappa shape index (κ2) is 6.81. The van der Waals surface area contributed by atoms with Crippen LogP contribution in [0.1, 0.15) is 6.42 Å². The van der Waals surface area contributed by atoms with Gasteiger partial charge < -0.3 is 15.0 Å². The van der Waals surface area contributed by atoms with E-state index < -0.39 is 0 Å². The average molecular weight is 317 g/mol. The highest BCUT2D eigenvalue weighted by atomic mass is 35.5. The van der Waals surface area contributed by atoms with Crippen molar-refractivity contribution in [1.82, 2.24) is 10.2 Å². The fourth-order valence-corrected chi connectivity index (χ4v) is 2.30. The van der Waals surface area contributed by atoms with Crippen LogP contribution in [-0.2, 0) is 9.59 Å². The van der Waals surface area contributed by atoms with Crippen LogP contribution < -0.4 is 10.1 Å². The van der Waals surface area contributed by atoms with Crippen molar-refractivity contribution in [2.75, 3.05) is 26.2 Å². The predicted molar refractivity (Wildman–Crippen MR) is 76.2 cm³/mol. The van der Waals surface area contributed by atoms with Gasteiger partial charge in [0.1, 0.15) is 5.75 Å².